The third kappa shape index (κ3) is 2.26. The molecule has 0 aliphatic rings. The van der Waals surface area contributed by atoms with E-state index in [9.17, 15) is 0 Å². The van der Waals surface area contributed by atoms with Gasteiger partial charge in [-0.1, -0.05) is 19.8 Å². The molecule has 0 aliphatic heterocycles. The van der Waals surface area contributed by atoms with Crippen LogP contribution in [-0.2, 0) is 6.54 Å². The lowest BCUT2D eigenvalue weighted by Crippen LogP contribution is -2.02. The topological polar surface area (TPSA) is 43.8 Å². The van der Waals surface area contributed by atoms with Crippen molar-refractivity contribution in [2.24, 2.45) is 0 Å². The number of aromatic nitrogens is 2. The molecule has 0 bridgehead atoms. The van der Waals surface area contributed by atoms with Crippen LogP contribution in [0.2, 0.25) is 0 Å². The van der Waals surface area contributed by atoms with Crippen molar-refractivity contribution in [1.82, 2.24) is 9.55 Å². The van der Waals surface area contributed by atoms with E-state index in [0.717, 1.165) is 12.2 Å². The molecule has 0 atom stereocenters. The van der Waals surface area contributed by atoms with E-state index in [1.807, 2.05) is 17.7 Å². The molecule has 2 N–H and O–H groups in total. The smallest absolute Gasteiger partial charge is 0.200 e. The molecule has 1 aromatic rings. The average molecular weight is 167 g/mol. The molecule has 0 spiro atoms. The highest BCUT2D eigenvalue weighted by Gasteiger charge is 1.99. The van der Waals surface area contributed by atoms with Crippen LogP contribution < -0.4 is 5.73 Å². The van der Waals surface area contributed by atoms with Crippen molar-refractivity contribution in [2.45, 2.75) is 39.7 Å². The number of imidazole rings is 1. The molecule has 3 heteroatoms. The number of nitrogens with zero attached hydrogens (tertiary/aromatic N) is 2. The second kappa shape index (κ2) is 4.14. The van der Waals surface area contributed by atoms with E-state index in [-0.39, 0.29) is 0 Å². The van der Waals surface area contributed by atoms with Crippen molar-refractivity contribution in [3.8, 4) is 0 Å². The first-order chi connectivity index (χ1) is 5.74. The van der Waals surface area contributed by atoms with Crippen LogP contribution >= 0.6 is 0 Å². The predicted molar refractivity (Wildman–Crippen MR) is 50.9 cm³/mol. The molecule has 0 saturated heterocycles. The van der Waals surface area contributed by atoms with Gasteiger partial charge in [0.05, 0.1) is 5.69 Å². The summed E-state index contributed by atoms with van der Waals surface area (Å²) in [6, 6.07) is 0. The summed E-state index contributed by atoms with van der Waals surface area (Å²) in [6.07, 6.45) is 5.70. The van der Waals surface area contributed by atoms with Crippen molar-refractivity contribution in [2.75, 3.05) is 5.73 Å². The summed E-state index contributed by atoms with van der Waals surface area (Å²) >= 11 is 0. The van der Waals surface area contributed by atoms with Crippen LogP contribution in [0.3, 0.4) is 0 Å². The SMILES string of the molecule is CCCCCn1cc(C)nc1N. The van der Waals surface area contributed by atoms with E-state index in [2.05, 4.69) is 11.9 Å². The number of unbranched alkanes of at least 4 members (excludes halogenated alkanes) is 2. The monoisotopic (exact) mass is 167 g/mol. The Morgan fingerprint density at radius 1 is 1.50 bits per heavy atom. The lowest BCUT2D eigenvalue weighted by atomic mass is 10.2. The molecule has 1 aromatic heterocycles. The fraction of sp³-hybridized carbons (Fsp3) is 0.667. The standard InChI is InChI=1S/C9H17N3/c1-3-4-5-6-12-7-8(2)11-9(12)10/h7H,3-6H2,1-2H3,(H2,10,11). The number of hydrogen-bond donors (Lipinski definition) is 1. The van der Waals surface area contributed by atoms with Gasteiger partial charge in [-0.15, -0.1) is 0 Å². The van der Waals surface area contributed by atoms with Crippen LogP contribution in [0.5, 0.6) is 0 Å². The first-order valence-corrected chi connectivity index (χ1v) is 4.53. The number of nitrogen functional groups attached to an aromatic ring is 1. The predicted octanol–water partition coefficient (Wildman–Crippen LogP) is 1.96. The molecule has 1 heterocycles. The van der Waals surface area contributed by atoms with Crippen molar-refractivity contribution >= 4 is 5.95 Å². The van der Waals surface area contributed by atoms with Crippen molar-refractivity contribution < 1.29 is 0 Å². The number of aryl methyl sites for hydroxylation is 2. The van der Waals surface area contributed by atoms with Crippen molar-refractivity contribution in [3.63, 3.8) is 0 Å². The average Bonchev–Trinajstić information content (AvgIpc) is 2.31. The number of rotatable bonds is 4. The summed E-state index contributed by atoms with van der Waals surface area (Å²) < 4.78 is 2.02. The van der Waals surface area contributed by atoms with Gasteiger partial charge in [0.1, 0.15) is 0 Å². The summed E-state index contributed by atoms with van der Waals surface area (Å²) in [5.41, 5.74) is 6.68. The number of hydrogen-bond acceptors (Lipinski definition) is 2. The van der Waals surface area contributed by atoms with E-state index >= 15 is 0 Å². The van der Waals surface area contributed by atoms with Gasteiger partial charge in [-0.2, -0.15) is 0 Å². The van der Waals surface area contributed by atoms with Gasteiger partial charge >= 0.3 is 0 Å². The number of nitrogens with two attached hydrogens (primary N) is 1. The van der Waals surface area contributed by atoms with Gasteiger partial charge in [0.15, 0.2) is 5.95 Å². The van der Waals surface area contributed by atoms with E-state index in [1.54, 1.807) is 0 Å². The van der Waals surface area contributed by atoms with Gasteiger partial charge in [-0.25, -0.2) is 4.98 Å². The Bertz CT molecular complexity index is 240. The van der Waals surface area contributed by atoms with E-state index in [0.29, 0.717) is 5.95 Å². The van der Waals surface area contributed by atoms with Crippen molar-refractivity contribution in [1.29, 1.82) is 0 Å². The molecular weight excluding hydrogens is 150 g/mol. The van der Waals surface area contributed by atoms with Crippen LogP contribution in [0, 0.1) is 6.92 Å². The zero-order valence-corrected chi connectivity index (χ0v) is 7.88. The van der Waals surface area contributed by atoms with E-state index < -0.39 is 0 Å². The second-order valence-corrected chi connectivity index (χ2v) is 3.14. The van der Waals surface area contributed by atoms with Gasteiger partial charge in [0.25, 0.3) is 0 Å². The van der Waals surface area contributed by atoms with E-state index in [4.69, 9.17) is 5.73 Å². The first-order valence-electron chi connectivity index (χ1n) is 4.53. The highest BCUT2D eigenvalue weighted by Crippen LogP contribution is 2.06. The molecule has 1 rings (SSSR count). The molecule has 68 valence electrons. The molecule has 0 amide bonds. The molecule has 0 radical (unpaired) electrons. The maximum Gasteiger partial charge on any atom is 0.200 e. The van der Waals surface area contributed by atoms with Crippen LogP contribution in [0.25, 0.3) is 0 Å². The minimum absolute atomic E-state index is 0.642. The first kappa shape index (κ1) is 9.10. The minimum Gasteiger partial charge on any atom is -0.369 e. The molecular formula is C9H17N3. The Morgan fingerprint density at radius 2 is 2.25 bits per heavy atom. The van der Waals surface area contributed by atoms with Gasteiger partial charge in [-0.05, 0) is 13.3 Å². The van der Waals surface area contributed by atoms with Gasteiger partial charge < -0.3 is 10.3 Å². The van der Waals surface area contributed by atoms with Crippen LogP contribution in [0.4, 0.5) is 5.95 Å². The summed E-state index contributed by atoms with van der Waals surface area (Å²) in [5.74, 6) is 0.642. The lowest BCUT2D eigenvalue weighted by molar-refractivity contribution is 0.607. The minimum atomic E-state index is 0.642. The zero-order chi connectivity index (χ0) is 8.97. The van der Waals surface area contributed by atoms with Gasteiger partial charge in [0, 0.05) is 12.7 Å². The molecule has 0 aromatic carbocycles. The Kier molecular flexibility index (Phi) is 3.14. The van der Waals surface area contributed by atoms with Crippen molar-refractivity contribution in [3.05, 3.63) is 11.9 Å². The Labute approximate surface area is 73.6 Å². The molecule has 0 aliphatic carbocycles. The van der Waals surface area contributed by atoms with Gasteiger partial charge in [-0.3, -0.25) is 0 Å². The summed E-state index contributed by atoms with van der Waals surface area (Å²) in [6.45, 7) is 5.16. The zero-order valence-electron chi connectivity index (χ0n) is 7.88. The Hall–Kier alpha value is -0.990. The molecule has 12 heavy (non-hydrogen) atoms. The van der Waals surface area contributed by atoms with E-state index in [1.165, 1.54) is 19.3 Å². The fourth-order valence-electron chi connectivity index (χ4n) is 1.28. The Balaban J connectivity index is 2.45. The normalized spacial score (nSPS) is 10.5. The largest absolute Gasteiger partial charge is 0.369 e. The summed E-state index contributed by atoms with van der Waals surface area (Å²) in [7, 11) is 0. The molecule has 0 unspecified atom stereocenters. The van der Waals surface area contributed by atoms with Crippen LogP contribution in [0.15, 0.2) is 6.20 Å². The summed E-state index contributed by atoms with van der Waals surface area (Å²) in [4.78, 5) is 4.13. The second-order valence-electron chi connectivity index (χ2n) is 3.14. The highest BCUT2D eigenvalue weighted by atomic mass is 15.1. The third-order valence-electron chi connectivity index (χ3n) is 1.93. The maximum atomic E-state index is 5.68. The van der Waals surface area contributed by atoms with Gasteiger partial charge in [0.2, 0.25) is 0 Å². The lowest BCUT2D eigenvalue weighted by Gasteiger charge is -2.02. The fourth-order valence-corrected chi connectivity index (χ4v) is 1.28. The van der Waals surface area contributed by atoms with Crippen LogP contribution in [0.1, 0.15) is 31.9 Å². The summed E-state index contributed by atoms with van der Waals surface area (Å²) in [5, 5.41) is 0. The molecule has 0 fully saturated rings. The van der Waals surface area contributed by atoms with Crippen LogP contribution in [-0.4, -0.2) is 9.55 Å². The Morgan fingerprint density at radius 3 is 2.75 bits per heavy atom. The quantitative estimate of drug-likeness (QED) is 0.697. The highest BCUT2D eigenvalue weighted by molar-refractivity contribution is 5.20. The maximum absolute atomic E-state index is 5.68. The third-order valence-corrected chi connectivity index (χ3v) is 1.93. The molecule has 0 saturated carbocycles. The number of anilines is 1. The molecule has 3 nitrogen and oxygen atoms in total.